The van der Waals surface area contributed by atoms with Gasteiger partial charge >= 0.3 is 0 Å². The van der Waals surface area contributed by atoms with E-state index in [1.165, 1.54) is 38.5 Å². The molecule has 0 aromatic carbocycles. The molecule has 1 saturated heterocycles. The van der Waals surface area contributed by atoms with Gasteiger partial charge in [0.2, 0.25) is 0 Å². The van der Waals surface area contributed by atoms with Crippen molar-refractivity contribution in [3.63, 3.8) is 0 Å². The molecule has 0 spiro atoms. The van der Waals surface area contributed by atoms with Crippen molar-refractivity contribution >= 4 is 0 Å². The van der Waals surface area contributed by atoms with Crippen molar-refractivity contribution in [2.24, 2.45) is 5.92 Å². The minimum atomic E-state index is 0.396. The molecule has 1 nitrogen and oxygen atoms in total. The molecule has 0 aromatic rings. The molecule has 2 fully saturated rings. The summed E-state index contributed by atoms with van der Waals surface area (Å²) in [7, 11) is 0. The van der Waals surface area contributed by atoms with Gasteiger partial charge in [0.25, 0.3) is 0 Å². The van der Waals surface area contributed by atoms with Crippen LogP contribution in [0.1, 0.15) is 52.4 Å². The van der Waals surface area contributed by atoms with Crippen molar-refractivity contribution in [2.45, 2.75) is 64.0 Å². The fourth-order valence-electron chi connectivity index (χ4n) is 3.59. The van der Waals surface area contributed by atoms with E-state index in [1.807, 2.05) is 0 Å². The van der Waals surface area contributed by atoms with E-state index in [0.717, 1.165) is 18.5 Å². The van der Waals surface area contributed by atoms with Gasteiger partial charge in [-0.25, -0.2) is 0 Å². The second-order valence-electron chi connectivity index (χ2n) is 5.90. The summed E-state index contributed by atoms with van der Waals surface area (Å²) in [5.74, 6) is 0.978. The summed E-state index contributed by atoms with van der Waals surface area (Å²) in [5, 5.41) is 0. The van der Waals surface area contributed by atoms with Crippen LogP contribution in [-0.4, -0.2) is 23.0 Å². The Bertz CT molecular complexity index is 231. The Labute approximate surface area is 94.5 Å². The lowest BCUT2D eigenvalue weighted by Gasteiger charge is -2.53. The van der Waals surface area contributed by atoms with Gasteiger partial charge < -0.3 is 0 Å². The van der Waals surface area contributed by atoms with E-state index in [-0.39, 0.29) is 0 Å². The normalized spacial score (nSPS) is 35.9. The number of hydrogen-bond acceptors (Lipinski definition) is 1. The van der Waals surface area contributed by atoms with E-state index < -0.39 is 0 Å². The summed E-state index contributed by atoms with van der Waals surface area (Å²) in [5.41, 5.74) is 0.396. The van der Waals surface area contributed by atoms with Gasteiger partial charge in [0.15, 0.2) is 0 Å². The maximum Gasteiger partial charge on any atom is 0.0168 e. The monoisotopic (exact) mass is 207 g/mol. The average Bonchev–Trinajstić information content (AvgIpc) is 2.23. The first-order valence-corrected chi connectivity index (χ1v) is 6.53. The van der Waals surface area contributed by atoms with Gasteiger partial charge in [0, 0.05) is 18.1 Å². The first-order valence-electron chi connectivity index (χ1n) is 6.53. The van der Waals surface area contributed by atoms with Crippen LogP contribution >= 0.6 is 0 Å². The lowest BCUT2D eigenvalue weighted by molar-refractivity contribution is -0.0212. The quantitative estimate of drug-likeness (QED) is 0.625. The summed E-state index contributed by atoms with van der Waals surface area (Å²) in [6.07, 6.45) is 10.7. The zero-order valence-electron chi connectivity index (χ0n) is 10.3. The van der Waals surface area contributed by atoms with E-state index in [4.69, 9.17) is 0 Å². The van der Waals surface area contributed by atoms with E-state index in [0.29, 0.717) is 5.54 Å². The Morgan fingerprint density at radius 2 is 2.00 bits per heavy atom. The third-order valence-electron chi connectivity index (χ3n) is 4.50. The Balaban J connectivity index is 2.14. The first-order chi connectivity index (χ1) is 7.15. The second kappa shape index (κ2) is 4.29. The fourth-order valence-corrected chi connectivity index (χ4v) is 3.59. The molecule has 1 saturated carbocycles. The predicted octanol–water partition coefficient (Wildman–Crippen LogP) is 3.61. The lowest BCUT2D eigenvalue weighted by Crippen LogP contribution is -2.57. The van der Waals surface area contributed by atoms with Crippen LogP contribution in [0.3, 0.4) is 0 Å². The topological polar surface area (TPSA) is 3.24 Å². The molecule has 15 heavy (non-hydrogen) atoms. The molecule has 1 heteroatoms. The van der Waals surface area contributed by atoms with E-state index in [2.05, 4.69) is 31.4 Å². The Morgan fingerprint density at radius 3 is 2.73 bits per heavy atom. The zero-order valence-corrected chi connectivity index (χ0v) is 10.3. The van der Waals surface area contributed by atoms with E-state index in [1.54, 1.807) is 0 Å². The van der Waals surface area contributed by atoms with Gasteiger partial charge in [-0.05, 0) is 45.4 Å². The van der Waals surface area contributed by atoms with Crippen LogP contribution in [0.15, 0.2) is 12.7 Å². The summed E-state index contributed by atoms with van der Waals surface area (Å²) < 4.78 is 0. The third-order valence-corrected chi connectivity index (χ3v) is 4.50. The van der Waals surface area contributed by atoms with Crippen LogP contribution in [0.4, 0.5) is 0 Å². The number of hydrogen-bond donors (Lipinski definition) is 0. The highest BCUT2D eigenvalue weighted by Gasteiger charge is 2.41. The van der Waals surface area contributed by atoms with Crippen LogP contribution in [0.5, 0.6) is 0 Å². The van der Waals surface area contributed by atoms with Crippen molar-refractivity contribution in [1.82, 2.24) is 4.90 Å². The molecule has 1 heterocycles. The zero-order chi connectivity index (χ0) is 10.9. The molecular formula is C14H25N. The van der Waals surface area contributed by atoms with Gasteiger partial charge in [-0.15, -0.1) is 6.58 Å². The molecule has 2 atom stereocenters. The van der Waals surface area contributed by atoms with Gasteiger partial charge in [-0.2, -0.15) is 0 Å². The van der Waals surface area contributed by atoms with E-state index >= 15 is 0 Å². The fraction of sp³-hybridized carbons (Fsp3) is 0.857. The van der Waals surface area contributed by atoms with Crippen molar-refractivity contribution in [1.29, 1.82) is 0 Å². The van der Waals surface area contributed by atoms with Crippen LogP contribution in [0.25, 0.3) is 0 Å². The molecule has 1 aliphatic carbocycles. The maximum absolute atomic E-state index is 3.92. The molecule has 2 unspecified atom stereocenters. The maximum atomic E-state index is 3.92. The van der Waals surface area contributed by atoms with Gasteiger partial charge in [0.1, 0.15) is 0 Å². The highest BCUT2D eigenvalue weighted by atomic mass is 15.2. The van der Waals surface area contributed by atoms with Gasteiger partial charge in [-0.3, -0.25) is 4.90 Å². The van der Waals surface area contributed by atoms with Crippen molar-refractivity contribution in [3.8, 4) is 0 Å². The molecule has 0 radical (unpaired) electrons. The number of piperidine rings is 1. The number of likely N-dealkylation sites (tertiary alicyclic amines) is 1. The first kappa shape index (κ1) is 11.2. The van der Waals surface area contributed by atoms with Crippen LogP contribution in [0, 0.1) is 5.92 Å². The lowest BCUT2D eigenvalue weighted by atomic mass is 9.73. The number of fused-ring (bicyclic) bond motifs is 1. The number of nitrogens with zero attached hydrogens (tertiary/aromatic N) is 1. The third kappa shape index (κ3) is 2.13. The molecule has 0 amide bonds. The largest absolute Gasteiger partial charge is 0.291 e. The smallest absolute Gasteiger partial charge is 0.0168 e. The summed E-state index contributed by atoms with van der Waals surface area (Å²) in [6, 6.07) is 0.848. The number of rotatable bonds is 2. The van der Waals surface area contributed by atoms with Gasteiger partial charge in [0.05, 0.1) is 0 Å². The Morgan fingerprint density at radius 1 is 1.27 bits per heavy atom. The van der Waals surface area contributed by atoms with Crippen LogP contribution < -0.4 is 0 Å². The summed E-state index contributed by atoms with van der Waals surface area (Å²) in [6.45, 7) is 9.80. The van der Waals surface area contributed by atoms with E-state index in [9.17, 15) is 0 Å². The molecule has 86 valence electrons. The second-order valence-corrected chi connectivity index (χ2v) is 5.90. The van der Waals surface area contributed by atoms with Crippen molar-refractivity contribution in [2.75, 3.05) is 6.54 Å². The Hall–Kier alpha value is -0.300. The SMILES string of the molecule is C=CCN1C2CCCCC2CCC1(C)C. The Kier molecular flexibility index (Phi) is 3.20. The van der Waals surface area contributed by atoms with Crippen LogP contribution in [-0.2, 0) is 0 Å². The minimum Gasteiger partial charge on any atom is -0.291 e. The van der Waals surface area contributed by atoms with Gasteiger partial charge in [-0.1, -0.05) is 18.9 Å². The minimum absolute atomic E-state index is 0.396. The van der Waals surface area contributed by atoms with Crippen molar-refractivity contribution < 1.29 is 0 Å². The summed E-state index contributed by atoms with van der Waals surface area (Å²) >= 11 is 0. The molecule has 0 N–H and O–H groups in total. The molecular weight excluding hydrogens is 182 g/mol. The molecule has 1 aliphatic heterocycles. The molecule has 0 bridgehead atoms. The van der Waals surface area contributed by atoms with Crippen LogP contribution in [0.2, 0.25) is 0 Å². The standard InChI is InChI=1S/C14H25N/c1-4-11-15-13-8-6-5-7-12(13)9-10-14(15,2)3/h4,12-13H,1,5-11H2,2-3H3. The molecule has 0 aromatic heterocycles. The molecule has 2 rings (SSSR count). The highest BCUT2D eigenvalue weighted by Crippen LogP contribution is 2.41. The molecule has 2 aliphatic rings. The summed E-state index contributed by atoms with van der Waals surface area (Å²) in [4.78, 5) is 2.72. The predicted molar refractivity (Wildman–Crippen MR) is 66.0 cm³/mol. The average molecular weight is 207 g/mol. The highest BCUT2D eigenvalue weighted by molar-refractivity contribution is 4.98. The van der Waals surface area contributed by atoms with Crippen molar-refractivity contribution in [3.05, 3.63) is 12.7 Å².